The highest BCUT2D eigenvalue weighted by molar-refractivity contribution is 5.89. The van der Waals surface area contributed by atoms with Crippen molar-refractivity contribution in [2.24, 2.45) is 0 Å². The highest BCUT2D eigenvalue weighted by atomic mass is 16.3. The summed E-state index contributed by atoms with van der Waals surface area (Å²) in [5.41, 5.74) is 3.13. The van der Waals surface area contributed by atoms with E-state index < -0.39 is 0 Å². The number of phenolic OH excluding ortho intramolecular Hbond substituents is 3. The van der Waals surface area contributed by atoms with Crippen LogP contribution in [0.5, 0.6) is 17.2 Å². The van der Waals surface area contributed by atoms with Gasteiger partial charge >= 0.3 is 0 Å². The lowest BCUT2D eigenvalue weighted by Crippen LogP contribution is -1.83. The molecule has 1 aromatic heterocycles. The summed E-state index contributed by atoms with van der Waals surface area (Å²) >= 11 is 0. The first-order valence-electron chi connectivity index (χ1n) is 7.45. The van der Waals surface area contributed by atoms with Crippen LogP contribution in [-0.4, -0.2) is 15.3 Å². The number of fused-ring (bicyclic) bond motifs is 1. The average Bonchev–Trinajstić information content (AvgIpc) is 2.98. The van der Waals surface area contributed by atoms with E-state index in [0.717, 1.165) is 22.1 Å². The molecule has 4 heteroatoms. The molecule has 0 spiro atoms. The van der Waals surface area contributed by atoms with Crippen molar-refractivity contribution in [3.63, 3.8) is 0 Å². The van der Waals surface area contributed by atoms with Gasteiger partial charge in [-0.15, -0.1) is 0 Å². The molecule has 3 aromatic carbocycles. The Morgan fingerprint density at radius 1 is 0.583 bits per heavy atom. The van der Waals surface area contributed by atoms with Gasteiger partial charge in [0, 0.05) is 10.9 Å². The molecule has 1 heterocycles. The SMILES string of the molecule is Oc1ccc(-c2cc(O)ccc2-c2cc3cc(O)ccc3o2)cc1. The van der Waals surface area contributed by atoms with Gasteiger partial charge < -0.3 is 19.7 Å². The van der Waals surface area contributed by atoms with E-state index in [-0.39, 0.29) is 17.2 Å². The largest absolute Gasteiger partial charge is 0.508 e. The Hall–Kier alpha value is -3.40. The van der Waals surface area contributed by atoms with Gasteiger partial charge in [-0.2, -0.15) is 0 Å². The predicted molar refractivity (Wildman–Crippen MR) is 92.1 cm³/mol. The first kappa shape index (κ1) is 14.2. The summed E-state index contributed by atoms with van der Waals surface area (Å²) in [4.78, 5) is 0. The molecule has 118 valence electrons. The van der Waals surface area contributed by atoms with Crippen molar-refractivity contribution in [1.29, 1.82) is 0 Å². The number of furan rings is 1. The zero-order valence-corrected chi connectivity index (χ0v) is 12.6. The normalized spacial score (nSPS) is 11.0. The summed E-state index contributed by atoms with van der Waals surface area (Å²) < 4.78 is 5.89. The molecule has 0 bridgehead atoms. The lowest BCUT2D eigenvalue weighted by atomic mass is 9.97. The Bertz CT molecular complexity index is 1030. The van der Waals surface area contributed by atoms with Crippen LogP contribution >= 0.6 is 0 Å². The van der Waals surface area contributed by atoms with E-state index in [2.05, 4.69) is 0 Å². The minimum absolute atomic E-state index is 0.149. The van der Waals surface area contributed by atoms with Crippen molar-refractivity contribution in [2.45, 2.75) is 0 Å². The topological polar surface area (TPSA) is 73.8 Å². The molecule has 24 heavy (non-hydrogen) atoms. The van der Waals surface area contributed by atoms with Crippen molar-refractivity contribution in [2.75, 3.05) is 0 Å². The van der Waals surface area contributed by atoms with E-state index in [9.17, 15) is 15.3 Å². The van der Waals surface area contributed by atoms with Gasteiger partial charge in [0.15, 0.2) is 0 Å². The molecular weight excluding hydrogens is 304 g/mol. The van der Waals surface area contributed by atoms with Gasteiger partial charge in [0.2, 0.25) is 0 Å². The van der Waals surface area contributed by atoms with Gasteiger partial charge in [-0.1, -0.05) is 12.1 Å². The van der Waals surface area contributed by atoms with Crippen LogP contribution in [0.15, 0.2) is 71.1 Å². The monoisotopic (exact) mass is 318 g/mol. The molecule has 4 nitrogen and oxygen atoms in total. The highest BCUT2D eigenvalue weighted by Crippen LogP contribution is 2.38. The summed E-state index contributed by atoms with van der Waals surface area (Å²) in [7, 11) is 0. The fourth-order valence-corrected chi connectivity index (χ4v) is 2.79. The summed E-state index contributed by atoms with van der Waals surface area (Å²) in [5, 5.41) is 29.7. The molecule has 0 atom stereocenters. The maximum absolute atomic E-state index is 9.86. The summed E-state index contributed by atoms with van der Waals surface area (Å²) in [6.07, 6.45) is 0. The number of aromatic hydroxyl groups is 3. The van der Waals surface area contributed by atoms with E-state index in [0.29, 0.717) is 11.3 Å². The molecule has 0 radical (unpaired) electrons. The standard InChI is InChI=1S/C20H14O4/c21-14-3-1-12(2-4-14)18-11-16(23)5-7-17(18)20-10-13-9-15(22)6-8-19(13)24-20/h1-11,21-23H. The van der Waals surface area contributed by atoms with E-state index in [1.807, 2.05) is 6.07 Å². The third kappa shape index (κ3) is 2.44. The van der Waals surface area contributed by atoms with Crippen molar-refractivity contribution in [3.05, 3.63) is 66.7 Å². The highest BCUT2D eigenvalue weighted by Gasteiger charge is 2.13. The minimum Gasteiger partial charge on any atom is -0.508 e. The van der Waals surface area contributed by atoms with Crippen molar-refractivity contribution < 1.29 is 19.7 Å². The van der Waals surface area contributed by atoms with Crippen LogP contribution in [0, 0.1) is 0 Å². The number of benzene rings is 3. The summed E-state index contributed by atoms with van der Waals surface area (Å²) in [6, 6.07) is 18.6. The van der Waals surface area contributed by atoms with Crippen LogP contribution in [-0.2, 0) is 0 Å². The second-order valence-electron chi connectivity index (χ2n) is 5.61. The van der Waals surface area contributed by atoms with Crippen LogP contribution in [0.25, 0.3) is 33.4 Å². The molecule has 0 saturated carbocycles. The van der Waals surface area contributed by atoms with Crippen LogP contribution in [0.3, 0.4) is 0 Å². The van der Waals surface area contributed by atoms with Gasteiger partial charge in [0.1, 0.15) is 28.6 Å². The van der Waals surface area contributed by atoms with Gasteiger partial charge in [-0.25, -0.2) is 0 Å². The zero-order chi connectivity index (χ0) is 16.7. The Morgan fingerprint density at radius 2 is 1.25 bits per heavy atom. The quantitative estimate of drug-likeness (QED) is 0.492. The lowest BCUT2D eigenvalue weighted by Gasteiger charge is -2.09. The van der Waals surface area contributed by atoms with Crippen LogP contribution in [0.2, 0.25) is 0 Å². The van der Waals surface area contributed by atoms with Crippen molar-refractivity contribution in [3.8, 4) is 39.7 Å². The Kier molecular flexibility index (Phi) is 3.17. The van der Waals surface area contributed by atoms with E-state index >= 15 is 0 Å². The molecule has 0 saturated heterocycles. The molecule has 0 fully saturated rings. The van der Waals surface area contributed by atoms with Crippen LogP contribution < -0.4 is 0 Å². The number of rotatable bonds is 2. The van der Waals surface area contributed by atoms with Gasteiger partial charge in [-0.05, 0) is 65.7 Å². The van der Waals surface area contributed by atoms with Gasteiger partial charge in [0.05, 0.1) is 0 Å². The number of phenols is 3. The fourth-order valence-electron chi connectivity index (χ4n) is 2.79. The van der Waals surface area contributed by atoms with Crippen molar-refractivity contribution in [1.82, 2.24) is 0 Å². The minimum atomic E-state index is 0.149. The van der Waals surface area contributed by atoms with E-state index in [1.165, 1.54) is 0 Å². The van der Waals surface area contributed by atoms with Crippen LogP contribution in [0.1, 0.15) is 0 Å². The molecule has 0 aliphatic carbocycles. The number of hydrogen-bond acceptors (Lipinski definition) is 4. The van der Waals surface area contributed by atoms with Crippen molar-refractivity contribution >= 4 is 11.0 Å². The van der Waals surface area contributed by atoms with E-state index in [4.69, 9.17) is 4.42 Å². The average molecular weight is 318 g/mol. The maximum atomic E-state index is 9.86. The lowest BCUT2D eigenvalue weighted by molar-refractivity contribution is 0.475. The molecule has 0 unspecified atom stereocenters. The molecule has 0 amide bonds. The van der Waals surface area contributed by atoms with Gasteiger partial charge in [0.25, 0.3) is 0 Å². The van der Waals surface area contributed by atoms with Gasteiger partial charge in [-0.3, -0.25) is 0 Å². The second-order valence-corrected chi connectivity index (χ2v) is 5.61. The molecular formula is C20H14O4. The first-order chi connectivity index (χ1) is 11.6. The predicted octanol–water partition coefficient (Wildman–Crippen LogP) is 4.88. The molecule has 0 aliphatic rings. The molecule has 3 N–H and O–H groups in total. The summed E-state index contributed by atoms with van der Waals surface area (Å²) in [6.45, 7) is 0. The third-order valence-corrected chi connectivity index (χ3v) is 3.95. The zero-order valence-electron chi connectivity index (χ0n) is 12.6. The Balaban J connectivity index is 1.92. The molecule has 4 aromatic rings. The third-order valence-electron chi connectivity index (χ3n) is 3.95. The number of hydrogen-bond donors (Lipinski definition) is 3. The van der Waals surface area contributed by atoms with Crippen LogP contribution in [0.4, 0.5) is 0 Å². The fraction of sp³-hybridized carbons (Fsp3) is 0. The molecule has 0 aliphatic heterocycles. The Labute approximate surface area is 137 Å². The summed E-state index contributed by atoms with van der Waals surface area (Å²) in [5.74, 6) is 1.15. The molecule has 4 rings (SSSR count). The Morgan fingerprint density at radius 3 is 2.04 bits per heavy atom. The first-order valence-corrected chi connectivity index (χ1v) is 7.45. The maximum Gasteiger partial charge on any atom is 0.136 e. The smallest absolute Gasteiger partial charge is 0.136 e. The van der Waals surface area contributed by atoms with E-state index in [1.54, 1.807) is 60.7 Å². The second kappa shape index (κ2) is 5.35.